The maximum absolute atomic E-state index is 13.4. The minimum Gasteiger partial charge on any atom is -0.483 e. The summed E-state index contributed by atoms with van der Waals surface area (Å²) in [6, 6.07) is 11.5. The van der Waals surface area contributed by atoms with Crippen molar-refractivity contribution >= 4 is 33.4 Å². The van der Waals surface area contributed by atoms with E-state index in [1.807, 2.05) is 0 Å². The van der Waals surface area contributed by atoms with E-state index >= 15 is 0 Å². The zero-order valence-corrected chi connectivity index (χ0v) is 14.0. The Balaban J connectivity index is 1.75. The molecule has 1 N–H and O–H groups in total. The summed E-state index contributed by atoms with van der Waals surface area (Å²) >= 11 is 9.13. The normalized spacial score (nSPS) is 10.3. The largest absolute Gasteiger partial charge is 0.483 e. The second kappa shape index (κ2) is 8.15. The molecule has 0 aliphatic carbocycles. The lowest BCUT2D eigenvalue weighted by atomic mass is 10.1. The minimum atomic E-state index is -0.266. The summed E-state index contributed by atoms with van der Waals surface area (Å²) in [7, 11) is 0. The highest BCUT2D eigenvalue weighted by Gasteiger charge is 2.07. The average molecular weight is 387 g/mol. The molecule has 0 bridgehead atoms. The fourth-order valence-electron chi connectivity index (χ4n) is 1.82. The summed E-state index contributed by atoms with van der Waals surface area (Å²) in [6.07, 6.45) is 0.434. The van der Waals surface area contributed by atoms with E-state index < -0.39 is 0 Å². The molecule has 0 aliphatic rings. The molecular formula is C16H14BrClFNO2. The molecule has 0 unspecified atom stereocenters. The van der Waals surface area contributed by atoms with Gasteiger partial charge in [-0.15, -0.1) is 0 Å². The molecule has 0 aromatic heterocycles. The highest BCUT2D eigenvalue weighted by molar-refractivity contribution is 9.10. The van der Waals surface area contributed by atoms with Crippen molar-refractivity contribution in [1.29, 1.82) is 0 Å². The smallest absolute Gasteiger partial charge is 0.257 e. The van der Waals surface area contributed by atoms with Crippen molar-refractivity contribution in [2.24, 2.45) is 0 Å². The number of hydrogen-bond acceptors (Lipinski definition) is 2. The van der Waals surface area contributed by atoms with Gasteiger partial charge < -0.3 is 10.1 Å². The Hall–Kier alpha value is -1.59. The lowest BCUT2D eigenvalue weighted by Crippen LogP contribution is -2.30. The first-order chi connectivity index (χ1) is 10.6. The fraction of sp³-hybridized carbons (Fsp3) is 0.188. The lowest BCUT2D eigenvalue weighted by Gasteiger charge is -2.09. The van der Waals surface area contributed by atoms with Crippen LogP contribution in [0.2, 0.25) is 5.02 Å². The van der Waals surface area contributed by atoms with Gasteiger partial charge in [-0.05, 0) is 52.2 Å². The van der Waals surface area contributed by atoms with Crippen LogP contribution in [0.3, 0.4) is 0 Å². The Morgan fingerprint density at radius 2 is 2.05 bits per heavy atom. The van der Waals surface area contributed by atoms with Crippen LogP contribution in [0.1, 0.15) is 5.56 Å². The number of hydrogen-bond donors (Lipinski definition) is 1. The summed E-state index contributed by atoms with van der Waals surface area (Å²) in [5.74, 6) is 0.00457. The van der Waals surface area contributed by atoms with Crippen molar-refractivity contribution in [3.8, 4) is 5.75 Å². The maximum Gasteiger partial charge on any atom is 0.257 e. The number of rotatable bonds is 6. The van der Waals surface area contributed by atoms with E-state index in [0.717, 1.165) is 0 Å². The second-order valence-corrected chi connectivity index (χ2v) is 5.85. The van der Waals surface area contributed by atoms with Crippen LogP contribution in [-0.4, -0.2) is 19.1 Å². The molecule has 0 radical (unpaired) electrons. The quantitative estimate of drug-likeness (QED) is 0.815. The average Bonchev–Trinajstić information content (AvgIpc) is 2.48. The molecule has 116 valence electrons. The van der Waals surface area contributed by atoms with E-state index in [0.29, 0.717) is 33.8 Å². The van der Waals surface area contributed by atoms with Gasteiger partial charge in [0.2, 0.25) is 0 Å². The molecule has 2 aromatic carbocycles. The van der Waals surface area contributed by atoms with Crippen LogP contribution >= 0.6 is 27.5 Å². The van der Waals surface area contributed by atoms with E-state index in [1.54, 1.807) is 36.4 Å². The van der Waals surface area contributed by atoms with Crippen LogP contribution < -0.4 is 10.1 Å². The van der Waals surface area contributed by atoms with Crippen molar-refractivity contribution in [1.82, 2.24) is 5.32 Å². The Labute approximate surface area is 141 Å². The van der Waals surface area contributed by atoms with Crippen LogP contribution in [0.5, 0.6) is 5.75 Å². The molecule has 0 heterocycles. The SMILES string of the molecule is O=C(COc1ccc(Cl)cc1Br)NCCc1ccccc1F. The molecule has 3 nitrogen and oxygen atoms in total. The molecule has 22 heavy (non-hydrogen) atoms. The van der Waals surface area contributed by atoms with Crippen LogP contribution in [0.25, 0.3) is 0 Å². The van der Waals surface area contributed by atoms with E-state index in [2.05, 4.69) is 21.2 Å². The molecule has 0 aliphatic heterocycles. The first-order valence-electron chi connectivity index (χ1n) is 6.64. The van der Waals surface area contributed by atoms with Crippen molar-refractivity contribution in [3.63, 3.8) is 0 Å². The highest BCUT2D eigenvalue weighted by Crippen LogP contribution is 2.27. The van der Waals surface area contributed by atoms with E-state index in [-0.39, 0.29) is 18.3 Å². The van der Waals surface area contributed by atoms with Crippen molar-refractivity contribution in [3.05, 3.63) is 63.3 Å². The van der Waals surface area contributed by atoms with E-state index in [4.69, 9.17) is 16.3 Å². The number of carbonyl (C=O) groups is 1. The molecule has 0 saturated heterocycles. The van der Waals surface area contributed by atoms with Crippen LogP contribution in [0.4, 0.5) is 4.39 Å². The predicted octanol–water partition coefficient (Wildman–Crippen LogP) is 3.98. The molecule has 6 heteroatoms. The maximum atomic E-state index is 13.4. The van der Waals surface area contributed by atoms with Gasteiger partial charge >= 0.3 is 0 Å². The summed E-state index contributed by atoms with van der Waals surface area (Å²) < 4.78 is 19.5. The summed E-state index contributed by atoms with van der Waals surface area (Å²) in [5, 5.41) is 3.26. The Bertz CT molecular complexity index is 666. The minimum absolute atomic E-state index is 0.114. The fourth-order valence-corrected chi connectivity index (χ4v) is 2.62. The van der Waals surface area contributed by atoms with Crippen molar-refractivity contribution < 1.29 is 13.9 Å². The van der Waals surface area contributed by atoms with Gasteiger partial charge in [0, 0.05) is 11.6 Å². The summed E-state index contributed by atoms with van der Waals surface area (Å²) in [6.45, 7) is 0.239. The standard InChI is InChI=1S/C16H14BrClFNO2/c17-13-9-12(18)5-6-15(13)22-10-16(21)20-8-7-11-3-1-2-4-14(11)19/h1-6,9H,7-8,10H2,(H,20,21). The molecule has 2 rings (SSSR count). The number of carbonyl (C=O) groups excluding carboxylic acids is 1. The zero-order valence-electron chi connectivity index (χ0n) is 11.6. The second-order valence-electron chi connectivity index (χ2n) is 4.55. The van der Waals surface area contributed by atoms with Gasteiger partial charge in [0.25, 0.3) is 5.91 Å². The van der Waals surface area contributed by atoms with Gasteiger partial charge in [-0.3, -0.25) is 4.79 Å². The first-order valence-corrected chi connectivity index (χ1v) is 7.81. The monoisotopic (exact) mass is 385 g/mol. The number of nitrogens with one attached hydrogen (secondary N) is 1. The Kier molecular flexibility index (Phi) is 6.21. The molecule has 0 saturated carbocycles. The van der Waals surface area contributed by atoms with Gasteiger partial charge in [0.1, 0.15) is 11.6 Å². The molecule has 0 atom stereocenters. The molecular weight excluding hydrogens is 373 g/mol. The summed E-state index contributed by atoms with van der Waals surface area (Å²) in [4.78, 5) is 11.7. The third-order valence-electron chi connectivity index (χ3n) is 2.93. The van der Waals surface area contributed by atoms with Crippen molar-refractivity contribution in [2.45, 2.75) is 6.42 Å². The zero-order chi connectivity index (χ0) is 15.9. The third kappa shape index (κ3) is 5.00. The first kappa shape index (κ1) is 16.8. The molecule has 1 amide bonds. The molecule has 0 fully saturated rings. The predicted molar refractivity (Wildman–Crippen MR) is 87.8 cm³/mol. The Morgan fingerprint density at radius 1 is 1.27 bits per heavy atom. The molecule has 0 spiro atoms. The van der Waals surface area contributed by atoms with E-state index in [1.165, 1.54) is 6.07 Å². The van der Waals surface area contributed by atoms with Crippen LogP contribution in [-0.2, 0) is 11.2 Å². The van der Waals surface area contributed by atoms with Gasteiger partial charge in [-0.2, -0.15) is 0 Å². The number of ether oxygens (including phenoxy) is 1. The summed E-state index contributed by atoms with van der Waals surface area (Å²) in [5.41, 5.74) is 0.573. The molecule has 2 aromatic rings. The van der Waals surface area contributed by atoms with Crippen molar-refractivity contribution in [2.75, 3.05) is 13.2 Å². The van der Waals surface area contributed by atoms with Gasteiger partial charge in [-0.25, -0.2) is 4.39 Å². The van der Waals surface area contributed by atoms with Gasteiger partial charge in [0.15, 0.2) is 6.61 Å². The van der Waals surface area contributed by atoms with Crippen LogP contribution in [0, 0.1) is 5.82 Å². The number of halogens is 3. The third-order valence-corrected chi connectivity index (χ3v) is 3.78. The number of benzene rings is 2. The number of amides is 1. The van der Waals surface area contributed by atoms with E-state index in [9.17, 15) is 9.18 Å². The lowest BCUT2D eigenvalue weighted by molar-refractivity contribution is -0.123. The van der Waals surface area contributed by atoms with Crippen LogP contribution in [0.15, 0.2) is 46.9 Å². The topological polar surface area (TPSA) is 38.3 Å². The van der Waals surface area contributed by atoms with Gasteiger partial charge in [0.05, 0.1) is 4.47 Å². The highest BCUT2D eigenvalue weighted by atomic mass is 79.9. The Morgan fingerprint density at radius 3 is 2.77 bits per heavy atom. The van der Waals surface area contributed by atoms with Gasteiger partial charge in [-0.1, -0.05) is 29.8 Å².